The van der Waals surface area contributed by atoms with Crippen molar-refractivity contribution in [3.05, 3.63) is 28.0 Å². The van der Waals surface area contributed by atoms with Gasteiger partial charge in [0.05, 0.1) is 10.0 Å². The molecule has 0 bridgehead atoms. The van der Waals surface area contributed by atoms with Crippen LogP contribution in [0.3, 0.4) is 0 Å². The number of nitrogens with one attached hydrogen (secondary N) is 1. The maximum Gasteiger partial charge on any atom is 0.338 e. The van der Waals surface area contributed by atoms with Gasteiger partial charge in [-0.15, -0.1) is 0 Å². The molecule has 1 aromatic carbocycles. The van der Waals surface area contributed by atoms with Crippen molar-refractivity contribution in [2.24, 2.45) is 0 Å². The second-order valence-electron chi connectivity index (χ2n) is 2.81. The SMILES string of the molecule is CC(=O)Nc1cc(Br)c(F)c(C(=O)O)c1. The molecule has 0 unspecified atom stereocenters. The lowest BCUT2D eigenvalue weighted by Crippen LogP contribution is -2.08. The second kappa shape index (κ2) is 4.39. The Balaban J connectivity index is 3.23. The molecular formula is C9H7BrFNO3. The maximum absolute atomic E-state index is 13.2. The summed E-state index contributed by atoms with van der Waals surface area (Å²) in [7, 11) is 0. The Hall–Kier alpha value is -1.43. The number of carbonyl (C=O) groups excluding carboxylic acids is 1. The summed E-state index contributed by atoms with van der Waals surface area (Å²) in [6, 6.07) is 2.35. The van der Waals surface area contributed by atoms with E-state index in [0.717, 1.165) is 6.07 Å². The summed E-state index contributed by atoms with van der Waals surface area (Å²) in [6.07, 6.45) is 0. The average Bonchev–Trinajstić information content (AvgIpc) is 2.09. The predicted molar refractivity (Wildman–Crippen MR) is 55.4 cm³/mol. The molecule has 0 saturated carbocycles. The van der Waals surface area contributed by atoms with Crippen molar-refractivity contribution in [2.45, 2.75) is 6.92 Å². The fourth-order valence-electron chi connectivity index (χ4n) is 1.02. The molecule has 80 valence electrons. The lowest BCUT2D eigenvalue weighted by molar-refractivity contribution is -0.114. The number of hydrogen-bond donors (Lipinski definition) is 2. The summed E-state index contributed by atoms with van der Waals surface area (Å²) in [5.74, 6) is -2.61. The highest BCUT2D eigenvalue weighted by molar-refractivity contribution is 9.10. The van der Waals surface area contributed by atoms with Crippen molar-refractivity contribution >= 4 is 33.5 Å². The number of anilines is 1. The van der Waals surface area contributed by atoms with Crippen molar-refractivity contribution in [3.63, 3.8) is 0 Å². The van der Waals surface area contributed by atoms with Gasteiger partial charge in [-0.05, 0) is 28.1 Å². The van der Waals surface area contributed by atoms with Gasteiger partial charge in [0.25, 0.3) is 0 Å². The third-order valence-corrected chi connectivity index (χ3v) is 2.16. The molecule has 0 atom stereocenters. The lowest BCUT2D eigenvalue weighted by atomic mass is 10.2. The van der Waals surface area contributed by atoms with E-state index in [9.17, 15) is 14.0 Å². The summed E-state index contributed by atoms with van der Waals surface area (Å²) >= 11 is 2.87. The van der Waals surface area contributed by atoms with Crippen LogP contribution in [0.1, 0.15) is 17.3 Å². The lowest BCUT2D eigenvalue weighted by Gasteiger charge is -2.06. The highest BCUT2D eigenvalue weighted by Crippen LogP contribution is 2.24. The van der Waals surface area contributed by atoms with Crippen LogP contribution in [0.4, 0.5) is 10.1 Å². The van der Waals surface area contributed by atoms with Crippen LogP contribution in [-0.2, 0) is 4.79 Å². The minimum absolute atomic E-state index is 0.00819. The Morgan fingerprint density at radius 1 is 1.47 bits per heavy atom. The average molecular weight is 276 g/mol. The summed E-state index contributed by atoms with van der Waals surface area (Å²) in [5.41, 5.74) is -0.263. The largest absolute Gasteiger partial charge is 0.478 e. The van der Waals surface area contributed by atoms with E-state index in [1.54, 1.807) is 0 Å². The van der Waals surface area contributed by atoms with Crippen LogP contribution in [0, 0.1) is 5.82 Å². The minimum atomic E-state index is -1.39. The topological polar surface area (TPSA) is 66.4 Å². The summed E-state index contributed by atoms with van der Waals surface area (Å²) in [4.78, 5) is 21.4. The van der Waals surface area contributed by atoms with E-state index in [1.807, 2.05) is 0 Å². The zero-order valence-corrected chi connectivity index (χ0v) is 9.26. The molecule has 0 radical (unpaired) electrons. The van der Waals surface area contributed by atoms with Gasteiger partial charge < -0.3 is 10.4 Å². The Kier molecular flexibility index (Phi) is 3.41. The third kappa shape index (κ3) is 2.76. The molecule has 1 amide bonds. The fraction of sp³-hybridized carbons (Fsp3) is 0.111. The zero-order valence-electron chi connectivity index (χ0n) is 7.67. The molecule has 0 aromatic heterocycles. The molecule has 1 rings (SSSR count). The molecule has 2 N–H and O–H groups in total. The smallest absolute Gasteiger partial charge is 0.338 e. The number of aromatic carboxylic acids is 1. The second-order valence-corrected chi connectivity index (χ2v) is 3.66. The molecule has 15 heavy (non-hydrogen) atoms. The van der Waals surface area contributed by atoms with Gasteiger partial charge in [-0.3, -0.25) is 4.79 Å². The number of benzene rings is 1. The Morgan fingerprint density at radius 3 is 2.53 bits per heavy atom. The summed E-state index contributed by atoms with van der Waals surface area (Å²) < 4.78 is 13.2. The normalized spacial score (nSPS) is 9.80. The van der Waals surface area contributed by atoms with Crippen LogP contribution in [0.15, 0.2) is 16.6 Å². The van der Waals surface area contributed by atoms with E-state index < -0.39 is 17.3 Å². The van der Waals surface area contributed by atoms with Gasteiger partial charge in [-0.2, -0.15) is 0 Å². The first-order valence-corrected chi connectivity index (χ1v) is 4.71. The van der Waals surface area contributed by atoms with Crippen LogP contribution in [0.25, 0.3) is 0 Å². The van der Waals surface area contributed by atoms with Crippen LogP contribution >= 0.6 is 15.9 Å². The Bertz CT molecular complexity index is 434. The predicted octanol–water partition coefficient (Wildman–Crippen LogP) is 2.24. The van der Waals surface area contributed by atoms with Crippen molar-refractivity contribution < 1.29 is 19.1 Å². The van der Waals surface area contributed by atoms with Crippen molar-refractivity contribution in [2.75, 3.05) is 5.32 Å². The maximum atomic E-state index is 13.2. The number of carboxylic acid groups (broad SMARTS) is 1. The van der Waals surface area contributed by atoms with E-state index in [-0.39, 0.29) is 16.1 Å². The molecule has 0 saturated heterocycles. The van der Waals surface area contributed by atoms with Crippen LogP contribution in [0.5, 0.6) is 0 Å². The van der Waals surface area contributed by atoms with E-state index in [0.29, 0.717) is 0 Å². The molecule has 0 aliphatic carbocycles. The highest BCUT2D eigenvalue weighted by atomic mass is 79.9. The van der Waals surface area contributed by atoms with Crippen molar-refractivity contribution in [1.82, 2.24) is 0 Å². The van der Waals surface area contributed by atoms with Gasteiger partial charge in [0, 0.05) is 12.6 Å². The first-order valence-electron chi connectivity index (χ1n) is 3.91. The molecule has 0 aliphatic heterocycles. The zero-order chi connectivity index (χ0) is 11.6. The number of rotatable bonds is 2. The summed E-state index contributed by atoms with van der Waals surface area (Å²) in [6.45, 7) is 1.28. The van der Waals surface area contributed by atoms with E-state index >= 15 is 0 Å². The number of hydrogen-bond acceptors (Lipinski definition) is 2. The molecule has 0 fully saturated rings. The first-order chi connectivity index (χ1) is 6.91. The summed E-state index contributed by atoms with van der Waals surface area (Å²) in [5, 5.41) is 11.0. The van der Waals surface area contributed by atoms with Gasteiger partial charge in [0.1, 0.15) is 0 Å². The van der Waals surface area contributed by atoms with Crippen molar-refractivity contribution in [3.8, 4) is 0 Å². The Morgan fingerprint density at radius 2 is 2.07 bits per heavy atom. The van der Waals surface area contributed by atoms with Crippen LogP contribution < -0.4 is 5.32 Å². The minimum Gasteiger partial charge on any atom is -0.478 e. The van der Waals surface area contributed by atoms with Gasteiger partial charge >= 0.3 is 5.97 Å². The molecule has 4 nitrogen and oxygen atoms in total. The van der Waals surface area contributed by atoms with Crippen LogP contribution in [0.2, 0.25) is 0 Å². The Labute approximate surface area is 93.2 Å². The monoisotopic (exact) mass is 275 g/mol. The van der Waals surface area contributed by atoms with E-state index in [2.05, 4.69) is 21.2 Å². The molecular weight excluding hydrogens is 269 g/mol. The third-order valence-electron chi connectivity index (χ3n) is 1.58. The molecule has 0 heterocycles. The number of halogens is 2. The molecule has 6 heteroatoms. The van der Waals surface area contributed by atoms with E-state index in [1.165, 1.54) is 13.0 Å². The molecule has 1 aromatic rings. The molecule has 0 spiro atoms. The quantitative estimate of drug-likeness (QED) is 0.870. The first kappa shape index (κ1) is 11.6. The van der Waals surface area contributed by atoms with Crippen LogP contribution in [-0.4, -0.2) is 17.0 Å². The number of carboxylic acids is 1. The standard InChI is InChI=1S/C9H7BrFNO3/c1-4(13)12-5-2-6(9(14)15)8(11)7(10)3-5/h2-3H,1H3,(H,12,13)(H,14,15). The number of carbonyl (C=O) groups is 2. The van der Waals surface area contributed by atoms with Gasteiger partial charge in [-0.1, -0.05) is 0 Å². The van der Waals surface area contributed by atoms with Gasteiger partial charge in [0.15, 0.2) is 5.82 Å². The number of amides is 1. The van der Waals surface area contributed by atoms with Gasteiger partial charge in [0.2, 0.25) is 5.91 Å². The highest BCUT2D eigenvalue weighted by Gasteiger charge is 2.15. The van der Waals surface area contributed by atoms with Crippen molar-refractivity contribution in [1.29, 1.82) is 0 Å². The van der Waals surface area contributed by atoms with Gasteiger partial charge in [-0.25, -0.2) is 9.18 Å². The van der Waals surface area contributed by atoms with E-state index in [4.69, 9.17) is 5.11 Å². The fourth-order valence-corrected chi connectivity index (χ4v) is 1.48. The molecule has 0 aliphatic rings.